The third-order valence-corrected chi connectivity index (χ3v) is 9.79. The van der Waals surface area contributed by atoms with Gasteiger partial charge in [0.1, 0.15) is 11.9 Å². The molecule has 4 aromatic rings. The van der Waals surface area contributed by atoms with E-state index in [-0.39, 0.29) is 16.5 Å². The zero-order valence-electron chi connectivity index (χ0n) is 30.4. The van der Waals surface area contributed by atoms with Crippen molar-refractivity contribution in [2.24, 2.45) is 5.41 Å². The smallest absolute Gasteiger partial charge is 0.293 e. The van der Waals surface area contributed by atoms with Crippen LogP contribution in [0.15, 0.2) is 97.1 Å². The molecule has 0 aromatic heterocycles. The number of hydrogen-bond donors (Lipinski definition) is 1. The van der Waals surface area contributed by atoms with Crippen molar-refractivity contribution in [1.29, 1.82) is 0 Å². The predicted molar refractivity (Wildman–Crippen MR) is 205 cm³/mol. The van der Waals surface area contributed by atoms with Crippen LogP contribution < -0.4 is 5.32 Å². The van der Waals surface area contributed by atoms with Gasteiger partial charge in [-0.2, -0.15) is 0 Å². The SMILES string of the molecule is CC.CC.CC(C)(C)C[C@H]1N(C(c2ccccc2)C(OC=O)c2ccccc2)CC(c2cccc(Cl)c2F)C1(C)c1ccc(Cl)cc1NC=O. The molecule has 1 aliphatic heterocycles. The molecular weight excluding hydrogens is 670 g/mol. The van der Waals surface area contributed by atoms with Crippen LogP contribution in [0.4, 0.5) is 10.1 Å². The third-order valence-electron chi connectivity index (χ3n) is 9.26. The molecule has 268 valence electrons. The Bertz CT molecular complexity index is 1670. The predicted octanol–water partition coefficient (Wildman–Crippen LogP) is 11.6. The van der Waals surface area contributed by atoms with E-state index in [1.165, 1.54) is 0 Å². The summed E-state index contributed by atoms with van der Waals surface area (Å²) in [4.78, 5) is 26.4. The summed E-state index contributed by atoms with van der Waals surface area (Å²) in [6.45, 7) is 17.6. The molecule has 4 aromatic carbocycles. The Morgan fingerprint density at radius 3 is 2.06 bits per heavy atom. The lowest BCUT2D eigenvalue weighted by Gasteiger charge is -2.45. The number of carbonyl (C=O) groups excluding carboxylic acids is 2. The van der Waals surface area contributed by atoms with Crippen LogP contribution in [0.3, 0.4) is 0 Å². The number of halogens is 3. The number of nitrogens with one attached hydrogen (secondary N) is 1. The maximum atomic E-state index is 16.2. The molecule has 1 saturated heterocycles. The van der Waals surface area contributed by atoms with E-state index in [1.807, 2.05) is 94.4 Å². The summed E-state index contributed by atoms with van der Waals surface area (Å²) >= 11 is 12.9. The first kappa shape index (κ1) is 40.7. The van der Waals surface area contributed by atoms with Crippen LogP contribution in [0.5, 0.6) is 0 Å². The second kappa shape index (κ2) is 18.5. The summed E-state index contributed by atoms with van der Waals surface area (Å²) in [6, 6.07) is 29.5. The van der Waals surface area contributed by atoms with E-state index in [4.69, 9.17) is 27.9 Å². The van der Waals surface area contributed by atoms with Crippen LogP contribution in [0.25, 0.3) is 0 Å². The number of amides is 1. The van der Waals surface area contributed by atoms with Gasteiger partial charge in [0.25, 0.3) is 6.47 Å². The summed E-state index contributed by atoms with van der Waals surface area (Å²) in [5.74, 6) is -0.901. The average Bonchev–Trinajstić information content (AvgIpc) is 3.39. The first-order valence-electron chi connectivity index (χ1n) is 17.4. The van der Waals surface area contributed by atoms with E-state index in [0.29, 0.717) is 42.1 Å². The first-order valence-corrected chi connectivity index (χ1v) is 18.1. The molecule has 0 aliphatic carbocycles. The molecular formula is C42H51Cl2FN2O3. The number of carbonyl (C=O) groups is 2. The largest absolute Gasteiger partial charge is 0.458 e. The van der Waals surface area contributed by atoms with Gasteiger partial charge in [-0.3, -0.25) is 14.5 Å². The van der Waals surface area contributed by atoms with Gasteiger partial charge in [0.2, 0.25) is 6.41 Å². The second-order valence-corrected chi connectivity index (χ2v) is 14.2. The molecule has 1 fully saturated rings. The number of hydrogen-bond acceptors (Lipinski definition) is 4. The van der Waals surface area contributed by atoms with Crippen molar-refractivity contribution in [3.63, 3.8) is 0 Å². The molecule has 0 radical (unpaired) electrons. The minimum atomic E-state index is -0.788. The van der Waals surface area contributed by atoms with Crippen LogP contribution in [0, 0.1) is 11.2 Å². The van der Waals surface area contributed by atoms with Crippen molar-refractivity contribution in [1.82, 2.24) is 4.90 Å². The zero-order chi connectivity index (χ0) is 37.1. The van der Waals surface area contributed by atoms with Gasteiger partial charge < -0.3 is 10.1 Å². The molecule has 5 nitrogen and oxygen atoms in total. The van der Waals surface area contributed by atoms with Crippen molar-refractivity contribution in [3.8, 4) is 0 Å². The Morgan fingerprint density at radius 2 is 1.50 bits per heavy atom. The summed E-state index contributed by atoms with van der Waals surface area (Å²) in [5, 5.41) is 3.38. The van der Waals surface area contributed by atoms with Gasteiger partial charge in [0.05, 0.1) is 11.1 Å². The number of ether oxygens (including phenoxy) is 1. The fourth-order valence-corrected chi connectivity index (χ4v) is 7.65. The van der Waals surface area contributed by atoms with Crippen LogP contribution in [-0.4, -0.2) is 30.4 Å². The van der Waals surface area contributed by atoms with Gasteiger partial charge in [0.15, 0.2) is 0 Å². The lowest BCUT2D eigenvalue weighted by atomic mass is 9.64. The molecule has 5 atom stereocenters. The summed E-state index contributed by atoms with van der Waals surface area (Å²) < 4.78 is 22.1. The Balaban J connectivity index is 0.00000163. The number of anilines is 1. The molecule has 1 N–H and O–H groups in total. The standard InChI is InChI=1S/C38H39Cl2FN2O3.2C2H6/c1-37(2,3)21-33-38(4,29-19-18-27(39)20-32(29)42-23-44)30(28-16-11-17-31(40)34(28)41)22-43(33)35(25-12-7-5-8-13-25)36(46-24-45)26-14-9-6-10-15-26;2*1-2/h5-20,23-24,30,33,35-36H,21-22H2,1-4H3,(H,42,44);2*1-2H3/t30?,33-,35?,36?,38?;;/m1../s1. The third kappa shape index (κ3) is 8.95. The van der Waals surface area contributed by atoms with Crippen LogP contribution in [-0.2, 0) is 19.7 Å². The van der Waals surface area contributed by atoms with Crippen molar-refractivity contribution < 1.29 is 18.7 Å². The highest BCUT2D eigenvalue weighted by Crippen LogP contribution is 2.58. The van der Waals surface area contributed by atoms with Crippen LogP contribution in [0.1, 0.15) is 102 Å². The van der Waals surface area contributed by atoms with Crippen LogP contribution >= 0.6 is 23.2 Å². The molecule has 0 saturated carbocycles. The maximum absolute atomic E-state index is 16.2. The average molecular weight is 722 g/mol. The van der Waals surface area contributed by atoms with Gasteiger partial charge in [-0.1, -0.05) is 157 Å². The monoisotopic (exact) mass is 720 g/mol. The van der Waals surface area contributed by atoms with E-state index in [9.17, 15) is 9.59 Å². The first-order chi connectivity index (χ1) is 24.0. The fraction of sp³-hybridized carbons (Fsp3) is 0.381. The zero-order valence-corrected chi connectivity index (χ0v) is 31.9. The molecule has 1 amide bonds. The van der Waals surface area contributed by atoms with E-state index in [2.05, 4.69) is 37.9 Å². The van der Waals surface area contributed by atoms with E-state index >= 15 is 4.39 Å². The van der Waals surface area contributed by atoms with Crippen molar-refractivity contribution in [2.45, 2.75) is 91.3 Å². The van der Waals surface area contributed by atoms with E-state index in [1.54, 1.807) is 30.3 Å². The molecule has 1 aliphatic rings. The topological polar surface area (TPSA) is 58.6 Å². The minimum absolute atomic E-state index is 0.0408. The summed E-state index contributed by atoms with van der Waals surface area (Å²) in [5.41, 5.74) is 2.68. The quantitative estimate of drug-likeness (QED) is 0.157. The van der Waals surface area contributed by atoms with Gasteiger partial charge >= 0.3 is 0 Å². The van der Waals surface area contributed by atoms with Gasteiger partial charge in [-0.25, -0.2) is 4.39 Å². The Hall–Kier alpha value is -3.71. The summed E-state index contributed by atoms with van der Waals surface area (Å²) in [7, 11) is 0. The van der Waals surface area contributed by atoms with E-state index < -0.39 is 29.3 Å². The normalized spacial score (nSPS) is 19.9. The number of nitrogens with zero attached hydrogens (tertiary/aromatic N) is 1. The number of likely N-dealkylation sites (tertiary alicyclic amines) is 1. The molecule has 5 rings (SSSR count). The highest BCUT2D eigenvalue weighted by Gasteiger charge is 2.57. The lowest BCUT2D eigenvalue weighted by Crippen LogP contribution is -2.47. The van der Waals surface area contributed by atoms with Crippen molar-refractivity contribution in [3.05, 3.63) is 135 Å². The Kier molecular flexibility index (Phi) is 15.1. The molecule has 8 heteroatoms. The highest BCUT2D eigenvalue weighted by atomic mass is 35.5. The van der Waals surface area contributed by atoms with E-state index in [0.717, 1.165) is 16.7 Å². The Morgan fingerprint density at radius 1 is 0.900 bits per heavy atom. The van der Waals surface area contributed by atoms with Gasteiger partial charge in [0, 0.05) is 34.6 Å². The number of rotatable bonds is 11. The Labute approximate surface area is 308 Å². The lowest BCUT2D eigenvalue weighted by molar-refractivity contribution is -0.138. The molecule has 50 heavy (non-hydrogen) atoms. The number of benzene rings is 4. The molecule has 1 heterocycles. The molecule has 0 spiro atoms. The summed E-state index contributed by atoms with van der Waals surface area (Å²) in [6.07, 6.45) is 0.653. The second-order valence-electron chi connectivity index (χ2n) is 13.3. The van der Waals surface area contributed by atoms with Crippen molar-refractivity contribution in [2.75, 3.05) is 11.9 Å². The van der Waals surface area contributed by atoms with Gasteiger partial charge in [-0.05, 0) is 52.3 Å². The van der Waals surface area contributed by atoms with Gasteiger partial charge in [-0.15, -0.1) is 0 Å². The molecule has 4 unspecified atom stereocenters. The fourth-order valence-electron chi connectivity index (χ4n) is 7.30. The van der Waals surface area contributed by atoms with Crippen molar-refractivity contribution >= 4 is 41.8 Å². The van der Waals surface area contributed by atoms with Crippen LogP contribution in [0.2, 0.25) is 10.0 Å². The maximum Gasteiger partial charge on any atom is 0.293 e. The minimum Gasteiger partial charge on any atom is -0.458 e. The highest BCUT2D eigenvalue weighted by molar-refractivity contribution is 6.31. The molecule has 0 bridgehead atoms.